The summed E-state index contributed by atoms with van der Waals surface area (Å²) >= 11 is 0. The summed E-state index contributed by atoms with van der Waals surface area (Å²) in [5.41, 5.74) is 2.81. The number of fused-ring (bicyclic) bond motifs is 1. The molecule has 5 nitrogen and oxygen atoms in total. The minimum absolute atomic E-state index is 0.232. The smallest absolute Gasteiger partial charge is 0.338 e. The van der Waals surface area contributed by atoms with E-state index in [1.807, 2.05) is 30.3 Å². The van der Waals surface area contributed by atoms with E-state index in [2.05, 4.69) is 0 Å². The summed E-state index contributed by atoms with van der Waals surface area (Å²) in [6, 6.07) is 15.9. The second kappa shape index (κ2) is 6.97. The van der Waals surface area contributed by atoms with Crippen LogP contribution in [-0.2, 0) is 16.0 Å². The number of benzene rings is 2. The van der Waals surface area contributed by atoms with E-state index >= 15 is 0 Å². The van der Waals surface area contributed by atoms with E-state index in [9.17, 15) is 9.59 Å². The zero-order valence-electron chi connectivity index (χ0n) is 13.1. The first-order chi connectivity index (χ1) is 11.7. The normalized spacial score (nSPS) is 12.9. The number of amides is 1. The molecule has 3 rings (SSSR count). The molecular weight excluding hydrogens is 304 g/mol. The van der Waals surface area contributed by atoms with E-state index in [4.69, 9.17) is 10.00 Å². The molecule has 0 aliphatic carbocycles. The number of rotatable bonds is 3. The number of aryl methyl sites for hydroxylation is 1. The molecule has 2 aromatic carbocycles. The molecule has 0 saturated carbocycles. The second-order valence-electron chi connectivity index (χ2n) is 5.54. The van der Waals surface area contributed by atoms with Gasteiger partial charge >= 0.3 is 5.97 Å². The number of hydrogen-bond donors (Lipinski definition) is 0. The van der Waals surface area contributed by atoms with Crippen LogP contribution in [0.15, 0.2) is 48.5 Å². The van der Waals surface area contributed by atoms with Gasteiger partial charge in [-0.2, -0.15) is 5.26 Å². The Labute approximate surface area is 140 Å². The van der Waals surface area contributed by atoms with Crippen LogP contribution in [0.5, 0.6) is 0 Å². The third-order valence-electron chi connectivity index (χ3n) is 3.99. The Balaban J connectivity index is 1.63. The van der Waals surface area contributed by atoms with Gasteiger partial charge in [0.25, 0.3) is 5.91 Å². The van der Waals surface area contributed by atoms with Crippen molar-refractivity contribution in [1.29, 1.82) is 5.26 Å². The zero-order chi connectivity index (χ0) is 16.9. The molecule has 1 aliphatic heterocycles. The van der Waals surface area contributed by atoms with E-state index in [1.54, 1.807) is 17.0 Å². The average Bonchev–Trinajstić information content (AvgIpc) is 2.65. The molecule has 0 bridgehead atoms. The van der Waals surface area contributed by atoms with Crippen molar-refractivity contribution in [2.75, 3.05) is 18.1 Å². The van der Waals surface area contributed by atoms with Gasteiger partial charge in [-0.1, -0.05) is 18.2 Å². The van der Waals surface area contributed by atoms with Gasteiger partial charge in [-0.15, -0.1) is 0 Å². The molecule has 0 atom stereocenters. The first-order valence-corrected chi connectivity index (χ1v) is 7.74. The van der Waals surface area contributed by atoms with Crippen molar-refractivity contribution in [3.05, 3.63) is 65.2 Å². The molecule has 1 amide bonds. The van der Waals surface area contributed by atoms with Gasteiger partial charge in [-0.3, -0.25) is 4.79 Å². The number of para-hydroxylation sites is 1. The second-order valence-corrected chi connectivity index (χ2v) is 5.54. The molecule has 0 spiro atoms. The number of carbonyl (C=O) groups is 2. The Morgan fingerprint density at radius 3 is 2.62 bits per heavy atom. The molecule has 1 heterocycles. The molecule has 0 fully saturated rings. The molecule has 5 heteroatoms. The summed E-state index contributed by atoms with van der Waals surface area (Å²) in [5, 5.41) is 8.75. The molecule has 24 heavy (non-hydrogen) atoms. The minimum Gasteiger partial charge on any atom is -0.452 e. The molecule has 0 aromatic heterocycles. The molecule has 120 valence electrons. The lowest BCUT2D eigenvalue weighted by Gasteiger charge is -2.29. The number of hydrogen-bond acceptors (Lipinski definition) is 4. The predicted molar refractivity (Wildman–Crippen MR) is 88.6 cm³/mol. The molecular formula is C19H16N2O3. The van der Waals surface area contributed by atoms with Crippen LogP contribution in [0.1, 0.15) is 27.9 Å². The van der Waals surface area contributed by atoms with Crippen molar-refractivity contribution in [1.82, 2.24) is 0 Å². The number of anilines is 1. The Bertz CT molecular complexity index is 806. The van der Waals surface area contributed by atoms with Crippen molar-refractivity contribution in [3.8, 4) is 6.07 Å². The number of carbonyl (C=O) groups excluding carboxylic acids is 2. The maximum atomic E-state index is 12.4. The molecule has 2 aromatic rings. The minimum atomic E-state index is -0.571. The molecule has 0 unspecified atom stereocenters. The van der Waals surface area contributed by atoms with Crippen LogP contribution in [0, 0.1) is 11.3 Å². The monoisotopic (exact) mass is 320 g/mol. The maximum Gasteiger partial charge on any atom is 0.338 e. The summed E-state index contributed by atoms with van der Waals surface area (Å²) in [4.78, 5) is 26.1. The highest BCUT2D eigenvalue weighted by Gasteiger charge is 2.23. The van der Waals surface area contributed by atoms with Gasteiger partial charge in [0, 0.05) is 12.2 Å². The number of esters is 1. The molecule has 0 saturated heterocycles. The lowest BCUT2D eigenvalue weighted by molar-refractivity contribution is -0.121. The first-order valence-electron chi connectivity index (χ1n) is 7.74. The van der Waals surface area contributed by atoms with Crippen molar-refractivity contribution in [2.45, 2.75) is 12.8 Å². The summed E-state index contributed by atoms with van der Waals surface area (Å²) in [7, 11) is 0. The quantitative estimate of drug-likeness (QED) is 0.815. The van der Waals surface area contributed by atoms with E-state index in [-0.39, 0.29) is 12.5 Å². The Kier molecular flexibility index (Phi) is 4.57. The highest BCUT2D eigenvalue weighted by molar-refractivity contribution is 5.98. The largest absolute Gasteiger partial charge is 0.452 e. The fourth-order valence-corrected chi connectivity index (χ4v) is 2.76. The lowest BCUT2D eigenvalue weighted by atomic mass is 10.0. The van der Waals surface area contributed by atoms with E-state index in [1.165, 1.54) is 12.1 Å². The highest BCUT2D eigenvalue weighted by Crippen LogP contribution is 2.26. The van der Waals surface area contributed by atoms with Crippen molar-refractivity contribution in [3.63, 3.8) is 0 Å². The van der Waals surface area contributed by atoms with Crippen molar-refractivity contribution >= 4 is 17.6 Å². The van der Waals surface area contributed by atoms with Gasteiger partial charge in [-0.25, -0.2) is 4.79 Å². The average molecular weight is 320 g/mol. The molecule has 1 aliphatic rings. The van der Waals surface area contributed by atoms with Crippen LogP contribution in [0.25, 0.3) is 0 Å². The van der Waals surface area contributed by atoms with Crippen LogP contribution >= 0.6 is 0 Å². The first kappa shape index (κ1) is 15.8. The van der Waals surface area contributed by atoms with Gasteiger partial charge < -0.3 is 9.64 Å². The van der Waals surface area contributed by atoms with E-state index in [0.29, 0.717) is 17.7 Å². The maximum absolute atomic E-state index is 12.4. The zero-order valence-corrected chi connectivity index (χ0v) is 13.1. The predicted octanol–water partition coefficient (Wildman–Crippen LogP) is 2.69. The van der Waals surface area contributed by atoms with Crippen LogP contribution < -0.4 is 4.90 Å². The van der Waals surface area contributed by atoms with Gasteiger partial charge in [0.1, 0.15) is 0 Å². The van der Waals surface area contributed by atoms with E-state index < -0.39 is 5.97 Å². The van der Waals surface area contributed by atoms with Crippen LogP contribution in [0.4, 0.5) is 5.69 Å². The summed E-state index contributed by atoms with van der Waals surface area (Å²) in [6.07, 6.45) is 1.84. The van der Waals surface area contributed by atoms with Crippen LogP contribution in [0.3, 0.4) is 0 Å². The van der Waals surface area contributed by atoms with Gasteiger partial charge in [0.2, 0.25) is 0 Å². The van der Waals surface area contributed by atoms with Gasteiger partial charge in [0.05, 0.1) is 17.2 Å². The summed E-state index contributed by atoms with van der Waals surface area (Å²) < 4.78 is 5.12. The summed E-state index contributed by atoms with van der Waals surface area (Å²) in [5.74, 6) is -0.803. The molecule has 0 N–H and O–H groups in total. The van der Waals surface area contributed by atoms with E-state index in [0.717, 1.165) is 24.1 Å². The standard InChI is InChI=1S/C19H16N2O3/c20-12-14-7-9-16(10-8-14)19(23)24-13-18(22)21-11-3-5-15-4-1-2-6-17(15)21/h1-2,4,6-10H,3,5,11,13H2. The number of ether oxygens (including phenoxy) is 1. The number of nitriles is 1. The van der Waals surface area contributed by atoms with Gasteiger partial charge in [0.15, 0.2) is 6.61 Å². The van der Waals surface area contributed by atoms with Crippen LogP contribution in [0.2, 0.25) is 0 Å². The fourth-order valence-electron chi connectivity index (χ4n) is 2.76. The van der Waals surface area contributed by atoms with Crippen molar-refractivity contribution in [2.24, 2.45) is 0 Å². The Hall–Kier alpha value is -3.13. The van der Waals surface area contributed by atoms with Crippen molar-refractivity contribution < 1.29 is 14.3 Å². The lowest BCUT2D eigenvalue weighted by Crippen LogP contribution is -2.38. The molecule has 0 radical (unpaired) electrons. The fraction of sp³-hybridized carbons (Fsp3) is 0.211. The summed E-state index contributed by atoms with van der Waals surface area (Å²) in [6.45, 7) is 0.331. The SMILES string of the molecule is N#Cc1ccc(C(=O)OCC(=O)N2CCCc3ccccc32)cc1. The van der Waals surface area contributed by atoms with Crippen LogP contribution in [-0.4, -0.2) is 25.0 Å². The Morgan fingerprint density at radius 2 is 1.88 bits per heavy atom. The van der Waals surface area contributed by atoms with Gasteiger partial charge in [-0.05, 0) is 48.7 Å². The third-order valence-corrected chi connectivity index (χ3v) is 3.99. The Morgan fingerprint density at radius 1 is 1.12 bits per heavy atom. The third kappa shape index (κ3) is 3.28. The number of nitrogens with zero attached hydrogens (tertiary/aromatic N) is 2. The topological polar surface area (TPSA) is 70.4 Å². The highest BCUT2D eigenvalue weighted by atomic mass is 16.5.